The lowest BCUT2D eigenvalue weighted by Gasteiger charge is -2.18. The quantitative estimate of drug-likeness (QED) is 0.731. The lowest BCUT2D eigenvalue weighted by atomic mass is 10.1. The molecule has 0 fully saturated rings. The van der Waals surface area contributed by atoms with E-state index in [1.165, 1.54) is 11.1 Å². The Labute approximate surface area is 148 Å². The molecule has 0 unspecified atom stereocenters. The number of aryl methyl sites for hydroxylation is 2. The second-order valence-electron chi connectivity index (χ2n) is 6.20. The molecule has 0 saturated heterocycles. The molecule has 2 aromatic heterocycles. The van der Waals surface area contributed by atoms with Gasteiger partial charge < -0.3 is 4.90 Å². The predicted molar refractivity (Wildman–Crippen MR) is 98.8 cm³/mol. The monoisotopic (exact) mass is 331 g/mol. The zero-order valence-corrected chi connectivity index (χ0v) is 15.0. The summed E-state index contributed by atoms with van der Waals surface area (Å²) in [5.41, 5.74) is 6.01. The maximum absolute atomic E-state index is 9.03. The van der Waals surface area contributed by atoms with E-state index in [0.29, 0.717) is 12.2 Å². The number of nitriles is 1. The Bertz CT molecular complexity index is 949. The van der Waals surface area contributed by atoms with E-state index in [4.69, 9.17) is 10.4 Å². The highest BCUT2D eigenvalue weighted by molar-refractivity contribution is 5.45. The molecule has 0 radical (unpaired) electrons. The van der Waals surface area contributed by atoms with Gasteiger partial charge in [0.2, 0.25) is 0 Å². The van der Waals surface area contributed by atoms with Crippen LogP contribution in [0.15, 0.2) is 42.5 Å². The summed E-state index contributed by atoms with van der Waals surface area (Å²) in [6.07, 6.45) is 0. The van der Waals surface area contributed by atoms with Crippen molar-refractivity contribution >= 4 is 5.82 Å². The summed E-state index contributed by atoms with van der Waals surface area (Å²) in [5, 5.41) is 13.8. The fourth-order valence-corrected chi connectivity index (χ4v) is 2.96. The average Bonchev–Trinajstić information content (AvgIpc) is 2.90. The first kappa shape index (κ1) is 16.7. The van der Waals surface area contributed by atoms with Crippen LogP contribution < -0.4 is 4.90 Å². The number of nitrogens with zero attached hydrogens (tertiary/aromatic N) is 5. The van der Waals surface area contributed by atoms with Crippen LogP contribution in [0.2, 0.25) is 0 Å². The van der Waals surface area contributed by atoms with Crippen molar-refractivity contribution in [3.8, 4) is 11.8 Å². The molecule has 25 heavy (non-hydrogen) atoms. The molecule has 5 heteroatoms. The summed E-state index contributed by atoms with van der Waals surface area (Å²) in [4.78, 5) is 6.41. The van der Waals surface area contributed by atoms with Crippen LogP contribution in [-0.4, -0.2) is 21.8 Å². The highest BCUT2D eigenvalue weighted by Crippen LogP contribution is 2.22. The van der Waals surface area contributed by atoms with Crippen molar-refractivity contribution in [3.63, 3.8) is 0 Å². The number of pyridine rings is 1. The first-order valence-electron chi connectivity index (χ1n) is 8.20. The molecular weight excluding hydrogens is 310 g/mol. The molecule has 5 nitrogen and oxygen atoms in total. The molecular formula is C20H21N5. The Kier molecular flexibility index (Phi) is 4.53. The predicted octanol–water partition coefficient (Wildman–Crippen LogP) is 3.70. The summed E-state index contributed by atoms with van der Waals surface area (Å²) in [7, 11) is 1.98. The van der Waals surface area contributed by atoms with Crippen molar-refractivity contribution in [2.45, 2.75) is 27.3 Å². The summed E-state index contributed by atoms with van der Waals surface area (Å²) in [6.45, 7) is 6.90. The van der Waals surface area contributed by atoms with Crippen LogP contribution in [0.1, 0.15) is 28.2 Å². The third-order valence-corrected chi connectivity index (χ3v) is 4.42. The fourth-order valence-electron chi connectivity index (χ4n) is 2.96. The Hall–Kier alpha value is -3.13. The highest BCUT2D eigenvalue weighted by atomic mass is 15.3. The number of anilines is 1. The molecule has 1 aromatic carbocycles. The number of hydrogen-bond acceptors (Lipinski definition) is 4. The summed E-state index contributed by atoms with van der Waals surface area (Å²) in [6, 6.07) is 15.8. The summed E-state index contributed by atoms with van der Waals surface area (Å²) >= 11 is 0. The first-order chi connectivity index (χ1) is 12.0. The van der Waals surface area contributed by atoms with E-state index >= 15 is 0 Å². The molecule has 0 spiro atoms. The van der Waals surface area contributed by atoms with Gasteiger partial charge in [0.1, 0.15) is 17.6 Å². The van der Waals surface area contributed by atoms with Gasteiger partial charge in [0, 0.05) is 24.8 Å². The van der Waals surface area contributed by atoms with Crippen molar-refractivity contribution in [2.75, 3.05) is 11.9 Å². The third-order valence-electron chi connectivity index (χ3n) is 4.42. The van der Waals surface area contributed by atoms with Crippen LogP contribution in [0.3, 0.4) is 0 Å². The van der Waals surface area contributed by atoms with E-state index in [2.05, 4.69) is 37.0 Å². The number of benzene rings is 1. The Morgan fingerprint density at radius 2 is 1.84 bits per heavy atom. The van der Waals surface area contributed by atoms with E-state index in [0.717, 1.165) is 22.9 Å². The van der Waals surface area contributed by atoms with Crippen molar-refractivity contribution < 1.29 is 0 Å². The number of aromatic nitrogens is 3. The summed E-state index contributed by atoms with van der Waals surface area (Å²) in [5.74, 6) is 0.779. The highest BCUT2D eigenvalue weighted by Gasteiger charge is 2.16. The smallest absolute Gasteiger partial charge is 0.142 e. The molecule has 3 aromatic rings. The van der Waals surface area contributed by atoms with Gasteiger partial charge in [0.15, 0.2) is 0 Å². The minimum Gasteiger partial charge on any atom is -0.355 e. The average molecular weight is 331 g/mol. The largest absolute Gasteiger partial charge is 0.355 e. The van der Waals surface area contributed by atoms with Crippen molar-refractivity contribution in [3.05, 3.63) is 70.7 Å². The van der Waals surface area contributed by atoms with Crippen molar-refractivity contribution in [2.24, 2.45) is 0 Å². The van der Waals surface area contributed by atoms with Gasteiger partial charge >= 0.3 is 0 Å². The SMILES string of the molecule is Cc1ccccc1-n1nc(C)c(CN(C)c2cccc(C#N)n2)c1C. The molecule has 126 valence electrons. The molecule has 0 N–H and O–H groups in total. The summed E-state index contributed by atoms with van der Waals surface area (Å²) < 4.78 is 2.01. The van der Waals surface area contributed by atoms with E-state index in [1.54, 1.807) is 6.07 Å². The normalized spacial score (nSPS) is 10.5. The molecule has 0 aliphatic heterocycles. The van der Waals surface area contributed by atoms with Crippen LogP contribution in [-0.2, 0) is 6.54 Å². The lowest BCUT2D eigenvalue weighted by Crippen LogP contribution is -2.19. The molecule has 0 bridgehead atoms. The molecule has 0 atom stereocenters. The first-order valence-corrected chi connectivity index (χ1v) is 8.20. The number of para-hydroxylation sites is 1. The van der Waals surface area contributed by atoms with Crippen molar-refractivity contribution in [1.29, 1.82) is 5.26 Å². The van der Waals surface area contributed by atoms with Crippen LogP contribution in [0.5, 0.6) is 0 Å². The van der Waals surface area contributed by atoms with Gasteiger partial charge in [-0.25, -0.2) is 9.67 Å². The number of rotatable bonds is 4. The van der Waals surface area contributed by atoms with E-state index in [9.17, 15) is 0 Å². The van der Waals surface area contributed by atoms with Gasteiger partial charge in [-0.1, -0.05) is 24.3 Å². The van der Waals surface area contributed by atoms with Crippen LogP contribution >= 0.6 is 0 Å². The molecule has 3 rings (SSSR count). The second kappa shape index (κ2) is 6.78. The topological polar surface area (TPSA) is 57.7 Å². The van der Waals surface area contributed by atoms with Crippen LogP contribution in [0.25, 0.3) is 5.69 Å². The van der Waals surface area contributed by atoms with Gasteiger partial charge in [-0.2, -0.15) is 10.4 Å². The van der Waals surface area contributed by atoms with Crippen molar-refractivity contribution in [1.82, 2.24) is 14.8 Å². The molecule has 2 heterocycles. The molecule has 0 aliphatic carbocycles. The maximum Gasteiger partial charge on any atom is 0.142 e. The zero-order chi connectivity index (χ0) is 18.0. The van der Waals surface area contributed by atoms with Gasteiger partial charge in [-0.3, -0.25) is 0 Å². The van der Waals surface area contributed by atoms with E-state index in [-0.39, 0.29) is 0 Å². The molecule has 0 amide bonds. The Balaban J connectivity index is 1.94. The zero-order valence-electron chi connectivity index (χ0n) is 15.0. The van der Waals surface area contributed by atoms with Gasteiger partial charge in [0.25, 0.3) is 0 Å². The van der Waals surface area contributed by atoms with Crippen LogP contribution in [0.4, 0.5) is 5.82 Å². The fraction of sp³-hybridized carbons (Fsp3) is 0.250. The van der Waals surface area contributed by atoms with Gasteiger partial charge in [-0.15, -0.1) is 0 Å². The minimum absolute atomic E-state index is 0.424. The maximum atomic E-state index is 9.03. The van der Waals surface area contributed by atoms with Gasteiger partial charge in [-0.05, 0) is 44.5 Å². The van der Waals surface area contributed by atoms with Gasteiger partial charge in [0.05, 0.1) is 11.4 Å². The Morgan fingerprint density at radius 1 is 1.08 bits per heavy atom. The third kappa shape index (κ3) is 3.24. The minimum atomic E-state index is 0.424. The van der Waals surface area contributed by atoms with E-state index in [1.807, 2.05) is 47.8 Å². The second-order valence-corrected chi connectivity index (χ2v) is 6.20. The Morgan fingerprint density at radius 3 is 2.56 bits per heavy atom. The molecule has 0 saturated carbocycles. The standard InChI is InChI=1S/C20H21N5/c1-14-8-5-6-10-19(14)25-16(3)18(15(2)23-25)13-24(4)20-11-7-9-17(12-21)22-20/h5-11H,13H2,1-4H3. The lowest BCUT2D eigenvalue weighted by molar-refractivity contribution is 0.824. The molecule has 0 aliphatic rings. The number of hydrogen-bond donors (Lipinski definition) is 0. The van der Waals surface area contributed by atoms with E-state index < -0.39 is 0 Å². The van der Waals surface area contributed by atoms with Crippen LogP contribution in [0, 0.1) is 32.1 Å².